The van der Waals surface area contributed by atoms with Crippen molar-refractivity contribution in [3.63, 3.8) is 0 Å². The van der Waals surface area contributed by atoms with E-state index in [-0.39, 0.29) is 6.54 Å². The van der Waals surface area contributed by atoms with Crippen LogP contribution in [0.5, 0.6) is 0 Å². The Morgan fingerprint density at radius 1 is 1.04 bits per heavy atom. The molecule has 0 saturated carbocycles. The van der Waals surface area contributed by atoms with Crippen molar-refractivity contribution in [2.45, 2.75) is 6.42 Å². The molecule has 2 aromatic carbocycles. The molecular weight excluding hydrogens is 352 g/mol. The summed E-state index contributed by atoms with van der Waals surface area (Å²) in [6.45, 7) is 0.207. The maximum Gasteiger partial charge on any atom is 0.319 e. The molecule has 2 N–H and O–H groups in total. The Morgan fingerprint density at radius 3 is 2.48 bits per heavy atom. The first kappa shape index (κ1) is 17.4. The monoisotopic (exact) mass is 362 g/mol. The summed E-state index contributed by atoms with van der Waals surface area (Å²) in [5.41, 5.74) is 0.321. The van der Waals surface area contributed by atoms with E-state index < -0.39 is 29.2 Å². The molecule has 0 saturated heterocycles. The molecule has 23 heavy (non-hydrogen) atoms. The van der Waals surface area contributed by atoms with Crippen molar-refractivity contribution in [2.75, 3.05) is 11.9 Å². The van der Waals surface area contributed by atoms with E-state index in [1.54, 1.807) is 18.2 Å². The number of anilines is 1. The summed E-state index contributed by atoms with van der Waals surface area (Å²) in [5, 5.41) is 5.52. The Hall–Kier alpha value is -1.92. The number of benzene rings is 2. The zero-order chi connectivity index (χ0) is 17.0. The molecule has 2 amide bonds. The highest BCUT2D eigenvalue weighted by atomic mass is 35.5. The average molecular weight is 363 g/mol. The Bertz CT molecular complexity index is 741. The number of carbonyl (C=O) groups is 1. The van der Waals surface area contributed by atoms with Gasteiger partial charge in [0.05, 0.1) is 5.69 Å². The van der Waals surface area contributed by atoms with Gasteiger partial charge in [0.25, 0.3) is 0 Å². The van der Waals surface area contributed by atoms with Gasteiger partial charge >= 0.3 is 6.03 Å². The highest BCUT2D eigenvalue weighted by Crippen LogP contribution is 2.21. The highest BCUT2D eigenvalue weighted by molar-refractivity contribution is 6.35. The first-order valence-electron chi connectivity index (χ1n) is 6.50. The second-order valence-electron chi connectivity index (χ2n) is 4.59. The number of carbonyl (C=O) groups excluding carboxylic acids is 1. The van der Waals surface area contributed by atoms with Gasteiger partial charge in [-0.15, -0.1) is 0 Å². The number of amides is 2. The second-order valence-corrected chi connectivity index (χ2v) is 5.43. The summed E-state index contributed by atoms with van der Waals surface area (Å²) in [6.07, 6.45) is 0.420. The molecule has 0 fully saturated rings. The molecule has 0 heterocycles. The maximum atomic E-state index is 13.4. The first-order chi connectivity index (χ1) is 10.9. The number of nitrogens with one attached hydrogen (secondary N) is 2. The van der Waals surface area contributed by atoms with Gasteiger partial charge in [0.1, 0.15) is 0 Å². The predicted octanol–water partition coefficient (Wildman–Crippen LogP) is 4.77. The van der Waals surface area contributed by atoms with E-state index in [1.165, 1.54) is 0 Å². The molecule has 0 aliphatic carbocycles. The molecular formula is C15H11Cl2F3N2O. The highest BCUT2D eigenvalue weighted by Gasteiger charge is 2.15. The Labute approximate surface area is 140 Å². The normalized spacial score (nSPS) is 10.5. The van der Waals surface area contributed by atoms with Crippen LogP contribution in [0.25, 0.3) is 0 Å². The van der Waals surface area contributed by atoms with Crippen LogP contribution in [0, 0.1) is 17.5 Å². The van der Waals surface area contributed by atoms with Gasteiger partial charge in [0.2, 0.25) is 0 Å². The van der Waals surface area contributed by atoms with Gasteiger partial charge in [-0.2, -0.15) is 0 Å². The Kier molecular flexibility index (Phi) is 5.74. The molecule has 0 radical (unpaired) electrons. The van der Waals surface area contributed by atoms with Gasteiger partial charge in [-0.3, -0.25) is 0 Å². The summed E-state index contributed by atoms with van der Waals surface area (Å²) in [5.74, 6) is -4.43. The summed E-state index contributed by atoms with van der Waals surface area (Å²) >= 11 is 11.8. The third-order valence-corrected chi connectivity index (χ3v) is 3.57. The standard InChI is InChI=1S/C15H11Cl2F3N2O/c16-9-2-1-8(10(17)7-9)5-6-21-15(23)22-12-4-3-11(18)13(19)14(12)20/h1-4,7H,5-6H2,(H2,21,22,23). The number of hydrogen-bond acceptors (Lipinski definition) is 1. The summed E-state index contributed by atoms with van der Waals surface area (Å²) in [7, 11) is 0. The van der Waals surface area contributed by atoms with Gasteiger partial charge in [0.15, 0.2) is 17.5 Å². The van der Waals surface area contributed by atoms with E-state index in [1.807, 2.05) is 0 Å². The molecule has 0 aliphatic heterocycles. The minimum absolute atomic E-state index is 0.207. The lowest BCUT2D eigenvalue weighted by Gasteiger charge is -2.10. The summed E-state index contributed by atoms with van der Waals surface area (Å²) < 4.78 is 39.2. The topological polar surface area (TPSA) is 41.1 Å². The van der Waals surface area contributed by atoms with Gasteiger partial charge in [-0.25, -0.2) is 18.0 Å². The average Bonchev–Trinajstić information content (AvgIpc) is 2.50. The fourth-order valence-corrected chi connectivity index (χ4v) is 2.33. The van der Waals surface area contributed by atoms with Gasteiger partial charge in [-0.05, 0) is 36.2 Å². The smallest absolute Gasteiger partial charge is 0.319 e. The van der Waals surface area contributed by atoms with Crippen LogP contribution in [-0.2, 0) is 6.42 Å². The molecule has 3 nitrogen and oxygen atoms in total. The van der Waals surface area contributed by atoms with Crippen LogP contribution in [0.15, 0.2) is 30.3 Å². The number of rotatable bonds is 4. The third-order valence-electron chi connectivity index (χ3n) is 2.98. The van der Waals surface area contributed by atoms with Crippen LogP contribution < -0.4 is 10.6 Å². The van der Waals surface area contributed by atoms with Gasteiger partial charge < -0.3 is 10.6 Å². The van der Waals surface area contributed by atoms with Crippen LogP contribution in [0.4, 0.5) is 23.7 Å². The number of urea groups is 1. The summed E-state index contributed by atoms with van der Waals surface area (Å²) in [4.78, 5) is 11.6. The minimum Gasteiger partial charge on any atom is -0.338 e. The summed E-state index contributed by atoms with van der Waals surface area (Å²) in [6, 6.07) is 5.87. The third kappa shape index (κ3) is 4.53. The molecule has 0 atom stereocenters. The number of hydrogen-bond donors (Lipinski definition) is 2. The van der Waals surface area contributed by atoms with Crippen LogP contribution in [0.2, 0.25) is 10.0 Å². The second kappa shape index (κ2) is 7.57. The number of halogens is 5. The zero-order valence-corrected chi connectivity index (χ0v) is 13.1. The zero-order valence-electron chi connectivity index (χ0n) is 11.6. The van der Waals surface area contributed by atoms with E-state index in [4.69, 9.17) is 23.2 Å². The quantitative estimate of drug-likeness (QED) is 0.755. The van der Waals surface area contributed by atoms with E-state index in [9.17, 15) is 18.0 Å². The molecule has 122 valence electrons. The largest absolute Gasteiger partial charge is 0.338 e. The Balaban J connectivity index is 1.89. The molecule has 2 aromatic rings. The van der Waals surface area contributed by atoms with Crippen molar-refractivity contribution in [1.29, 1.82) is 0 Å². The van der Waals surface area contributed by atoms with Crippen LogP contribution in [0.1, 0.15) is 5.56 Å². The SMILES string of the molecule is O=C(NCCc1ccc(Cl)cc1Cl)Nc1ccc(F)c(F)c1F. The fourth-order valence-electron chi connectivity index (χ4n) is 1.82. The van der Waals surface area contributed by atoms with Crippen molar-refractivity contribution in [3.8, 4) is 0 Å². The first-order valence-corrected chi connectivity index (χ1v) is 7.26. The fraction of sp³-hybridized carbons (Fsp3) is 0.133. The van der Waals surface area contributed by atoms with E-state index in [0.717, 1.165) is 17.7 Å². The lowest BCUT2D eigenvalue weighted by molar-refractivity contribution is 0.252. The molecule has 0 aliphatic rings. The van der Waals surface area contributed by atoms with Crippen LogP contribution >= 0.6 is 23.2 Å². The van der Waals surface area contributed by atoms with Gasteiger partial charge in [-0.1, -0.05) is 29.3 Å². The van der Waals surface area contributed by atoms with E-state index in [2.05, 4.69) is 10.6 Å². The lowest BCUT2D eigenvalue weighted by Crippen LogP contribution is -2.31. The minimum atomic E-state index is -1.64. The van der Waals surface area contributed by atoms with E-state index in [0.29, 0.717) is 16.5 Å². The Morgan fingerprint density at radius 2 is 1.78 bits per heavy atom. The van der Waals surface area contributed by atoms with Crippen LogP contribution in [-0.4, -0.2) is 12.6 Å². The van der Waals surface area contributed by atoms with Crippen molar-refractivity contribution in [2.24, 2.45) is 0 Å². The molecule has 2 rings (SSSR count). The van der Waals surface area contributed by atoms with Crippen molar-refractivity contribution in [1.82, 2.24) is 5.32 Å². The maximum absolute atomic E-state index is 13.4. The molecule has 8 heteroatoms. The molecule has 0 bridgehead atoms. The van der Waals surface area contributed by atoms with Crippen LogP contribution in [0.3, 0.4) is 0 Å². The van der Waals surface area contributed by atoms with Crippen molar-refractivity contribution in [3.05, 3.63) is 63.4 Å². The molecule has 0 unspecified atom stereocenters. The van der Waals surface area contributed by atoms with Gasteiger partial charge in [0, 0.05) is 16.6 Å². The predicted molar refractivity (Wildman–Crippen MR) is 83.5 cm³/mol. The van der Waals surface area contributed by atoms with E-state index >= 15 is 0 Å². The van der Waals surface area contributed by atoms with Crippen molar-refractivity contribution < 1.29 is 18.0 Å². The van der Waals surface area contributed by atoms with Crippen molar-refractivity contribution >= 4 is 34.9 Å². The molecule has 0 aromatic heterocycles. The molecule has 0 spiro atoms. The lowest BCUT2D eigenvalue weighted by atomic mass is 10.1.